The smallest absolute Gasteiger partial charge is 0.380 e. The van der Waals surface area contributed by atoms with Crippen LogP contribution in [0, 0.1) is 22.5 Å². The van der Waals surface area contributed by atoms with E-state index in [2.05, 4.69) is 4.98 Å². The van der Waals surface area contributed by atoms with Crippen LogP contribution < -0.4 is 10.6 Å². The van der Waals surface area contributed by atoms with Gasteiger partial charge in [0.2, 0.25) is 17.7 Å². The second kappa shape index (κ2) is 12.5. The molecule has 48 heavy (non-hydrogen) atoms. The molecule has 2 saturated carbocycles. The van der Waals surface area contributed by atoms with Gasteiger partial charge in [-0.05, 0) is 49.1 Å². The number of nitrogens with zero attached hydrogens (tertiary/aromatic N) is 3. The summed E-state index contributed by atoms with van der Waals surface area (Å²) in [6.45, 7) is 1.90. The quantitative estimate of drug-likeness (QED) is 0.276. The van der Waals surface area contributed by atoms with Gasteiger partial charge in [0.25, 0.3) is 0 Å². The number of halogens is 7. The highest BCUT2D eigenvalue weighted by atomic mass is 32.1. The predicted octanol–water partition coefficient (Wildman–Crippen LogP) is 7.18. The third kappa shape index (κ3) is 6.23. The number of hydrogen-bond acceptors (Lipinski definition) is 6. The number of aromatic nitrogens is 1. The normalized spacial score (nSPS) is 21.2. The lowest BCUT2D eigenvalue weighted by Gasteiger charge is -2.49. The molecule has 7 nitrogen and oxygen atoms in total. The fraction of sp³-hybridized carbons (Fsp3) is 0.545. The lowest BCUT2D eigenvalue weighted by Crippen LogP contribution is -2.62. The maximum Gasteiger partial charge on any atom is 0.403 e. The Labute approximate surface area is 276 Å². The molecule has 7 rings (SSSR count). The van der Waals surface area contributed by atoms with Crippen LogP contribution in [0.25, 0.3) is 10.2 Å². The number of ether oxygens (including phenoxy) is 1. The van der Waals surface area contributed by atoms with Crippen molar-refractivity contribution in [2.75, 3.05) is 38.2 Å². The highest BCUT2D eigenvalue weighted by Crippen LogP contribution is 2.60. The topological polar surface area (TPSA) is 88.8 Å². The van der Waals surface area contributed by atoms with Gasteiger partial charge in [0, 0.05) is 63.2 Å². The SMILES string of the molecule is COCc1cccc(C2CCC(F)(F)CC2)c1C(N)=O.O=C(N1CC2(CCN(c3cc(F)c(F)c4ncsc34)C2)C1)C1(C(F)(F)F)CC1. The van der Waals surface area contributed by atoms with E-state index in [4.69, 9.17) is 10.5 Å². The van der Waals surface area contributed by atoms with Crippen LogP contribution in [0.15, 0.2) is 29.8 Å². The number of methoxy groups -OCH3 is 1. The van der Waals surface area contributed by atoms with Gasteiger partial charge in [0.1, 0.15) is 10.9 Å². The zero-order chi connectivity index (χ0) is 34.6. The lowest BCUT2D eigenvalue weighted by atomic mass is 9.78. The van der Waals surface area contributed by atoms with Crippen molar-refractivity contribution >= 4 is 39.1 Å². The molecule has 3 aromatic rings. The standard InChI is InChI=1S/C18H16F5N3OS.C15H19F2NO2/c19-10-5-11(14-13(12(10)20)24-9-28-14)25-4-3-16(6-25)7-26(8-16)15(27)17(1-2-17)18(21,22)23;1-20-9-11-3-2-4-12(13(11)14(18)19)10-5-7-15(16,17)8-6-10/h5,9H,1-4,6-8H2;2-4,10H,5-9H2,1H3,(H2,18,19). The fourth-order valence-electron chi connectivity index (χ4n) is 7.42. The van der Waals surface area contributed by atoms with E-state index < -0.39 is 41.0 Å². The number of hydrogen-bond donors (Lipinski definition) is 1. The molecule has 260 valence electrons. The molecular weight excluding hydrogens is 665 g/mol. The molecule has 4 aliphatic rings. The van der Waals surface area contributed by atoms with Gasteiger partial charge in [-0.1, -0.05) is 18.2 Å². The molecular formula is C33H35F7N4O3S. The Hall–Kier alpha value is -3.46. The van der Waals surface area contributed by atoms with Crippen molar-refractivity contribution < 1.29 is 45.1 Å². The summed E-state index contributed by atoms with van der Waals surface area (Å²) < 4.78 is 99.5. The van der Waals surface area contributed by atoms with E-state index in [1.807, 2.05) is 17.0 Å². The van der Waals surface area contributed by atoms with E-state index in [9.17, 15) is 40.3 Å². The summed E-state index contributed by atoms with van der Waals surface area (Å²) in [5.41, 5.74) is 6.92. The number of thiazole rings is 1. The molecule has 1 aromatic heterocycles. The third-order valence-electron chi connectivity index (χ3n) is 10.2. The summed E-state index contributed by atoms with van der Waals surface area (Å²) in [6, 6.07) is 6.57. The maximum atomic E-state index is 13.9. The van der Waals surface area contributed by atoms with Crippen molar-refractivity contribution in [1.82, 2.24) is 9.88 Å². The lowest BCUT2D eigenvalue weighted by molar-refractivity contribution is -0.204. The summed E-state index contributed by atoms with van der Waals surface area (Å²) >= 11 is 1.22. The summed E-state index contributed by atoms with van der Waals surface area (Å²) in [5, 5.41) is 0. The number of carbonyl (C=O) groups is 2. The fourth-order valence-corrected chi connectivity index (χ4v) is 8.25. The number of carbonyl (C=O) groups excluding carboxylic acids is 2. The van der Waals surface area contributed by atoms with E-state index in [-0.39, 0.29) is 62.2 Å². The largest absolute Gasteiger partial charge is 0.403 e. The number of likely N-dealkylation sites (tertiary alicyclic amines) is 1. The highest BCUT2D eigenvalue weighted by molar-refractivity contribution is 7.17. The van der Waals surface area contributed by atoms with Crippen LogP contribution in [0.3, 0.4) is 0 Å². The van der Waals surface area contributed by atoms with Crippen LogP contribution in [0.4, 0.5) is 36.4 Å². The van der Waals surface area contributed by atoms with Crippen LogP contribution in [0.1, 0.15) is 72.3 Å². The summed E-state index contributed by atoms with van der Waals surface area (Å²) in [5.74, 6) is -5.90. The molecule has 3 heterocycles. The molecule has 4 fully saturated rings. The second-order valence-electron chi connectivity index (χ2n) is 13.4. The van der Waals surface area contributed by atoms with E-state index in [0.717, 1.165) is 17.2 Å². The van der Waals surface area contributed by atoms with Gasteiger partial charge in [-0.3, -0.25) is 9.59 Å². The Morgan fingerprint density at radius 1 is 1.06 bits per heavy atom. The third-order valence-corrected chi connectivity index (χ3v) is 11.0. The zero-order valence-corrected chi connectivity index (χ0v) is 27.0. The number of alkyl halides is 5. The van der Waals surface area contributed by atoms with Crippen molar-refractivity contribution in [1.29, 1.82) is 0 Å². The van der Waals surface area contributed by atoms with Crippen LogP contribution in [0.5, 0.6) is 0 Å². The Morgan fingerprint density at radius 2 is 1.75 bits per heavy atom. The Morgan fingerprint density at radius 3 is 2.35 bits per heavy atom. The molecule has 2 N–H and O–H groups in total. The van der Waals surface area contributed by atoms with Gasteiger partial charge in [0.05, 0.1) is 22.5 Å². The Bertz CT molecular complexity index is 1710. The van der Waals surface area contributed by atoms with Crippen molar-refractivity contribution in [3.63, 3.8) is 0 Å². The van der Waals surface area contributed by atoms with Gasteiger partial charge in [0.15, 0.2) is 11.6 Å². The highest BCUT2D eigenvalue weighted by Gasteiger charge is 2.70. The average molecular weight is 701 g/mol. The monoisotopic (exact) mass is 700 g/mol. The van der Waals surface area contributed by atoms with Crippen LogP contribution in [-0.4, -0.2) is 67.1 Å². The number of anilines is 1. The minimum absolute atomic E-state index is 0.00721. The van der Waals surface area contributed by atoms with Crippen LogP contribution >= 0.6 is 11.3 Å². The van der Waals surface area contributed by atoms with Crippen molar-refractivity contribution in [2.24, 2.45) is 16.6 Å². The van der Waals surface area contributed by atoms with Gasteiger partial charge >= 0.3 is 6.18 Å². The van der Waals surface area contributed by atoms with Crippen LogP contribution in [-0.2, 0) is 16.1 Å². The molecule has 0 bridgehead atoms. The first-order valence-electron chi connectivity index (χ1n) is 15.7. The number of nitrogens with two attached hydrogens (primary N) is 1. The van der Waals surface area contributed by atoms with Gasteiger partial charge in [-0.15, -0.1) is 11.3 Å². The number of primary amides is 1. The van der Waals surface area contributed by atoms with Gasteiger partial charge in [-0.25, -0.2) is 22.5 Å². The average Bonchev–Trinajstić information content (AvgIpc) is 3.49. The molecule has 2 aromatic carbocycles. The minimum atomic E-state index is -4.50. The summed E-state index contributed by atoms with van der Waals surface area (Å²) in [4.78, 5) is 31.2. The minimum Gasteiger partial charge on any atom is -0.380 e. The van der Waals surface area contributed by atoms with Crippen molar-refractivity contribution in [3.05, 3.63) is 58.1 Å². The first kappa shape index (κ1) is 34.4. The molecule has 1 spiro atoms. The van der Waals surface area contributed by atoms with Gasteiger partial charge < -0.3 is 20.3 Å². The summed E-state index contributed by atoms with van der Waals surface area (Å²) in [6.07, 6.45) is -3.60. The van der Waals surface area contributed by atoms with E-state index in [1.54, 1.807) is 13.2 Å². The number of fused-ring (bicyclic) bond motifs is 1. The first-order valence-corrected chi connectivity index (χ1v) is 16.6. The molecule has 15 heteroatoms. The predicted molar refractivity (Wildman–Crippen MR) is 165 cm³/mol. The molecule has 0 atom stereocenters. The summed E-state index contributed by atoms with van der Waals surface area (Å²) in [7, 11) is 1.54. The van der Waals surface area contributed by atoms with Gasteiger partial charge in [-0.2, -0.15) is 13.2 Å². The Balaban J connectivity index is 0.000000178. The maximum absolute atomic E-state index is 13.9. The molecule has 0 radical (unpaired) electrons. The van der Waals surface area contributed by atoms with E-state index >= 15 is 0 Å². The second-order valence-corrected chi connectivity index (χ2v) is 14.3. The number of benzene rings is 2. The van der Waals surface area contributed by atoms with Crippen molar-refractivity contribution in [2.45, 2.75) is 69.6 Å². The first-order chi connectivity index (χ1) is 22.6. The molecule has 2 aliphatic heterocycles. The Kier molecular flexibility index (Phi) is 8.93. The molecule has 2 aliphatic carbocycles. The molecule has 2 amide bonds. The van der Waals surface area contributed by atoms with E-state index in [0.29, 0.717) is 48.3 Å². The molecule has 0 unspecified atom stereocenters. The van der Waals surface area contributed by atoms with Crippen LogP contribution in [0.2, 0.25) is 0 Å². The van der Waals surface area contributed by atoms with E-state index in [1.165, 1.54) is 21.7 Å². The zero-order valence-electron chi connectivity index (χ0n) is 26.1. The number of rotatable bonds is 6. The number of amides is 2. The van der Waals surface area contributed by atoms with Crippen molar-refractivity contribution in [3.8, 4) is 0 Å². The molecule has 2 saturated heterocycles.